The average molecular weight is 216 g/mol. The van der Waals surface area contributed by atoms with Gasteiger partial charge in [0.15, 0.2) is 0 Å². The fourth-order valence-corrected chi connectivity index (χ4v) is 1.41. The summed E-state index contributed by atoms with van der Waals surface area (Å²) in [6.45, 7) is 0. The topological polar surface area (TPSA) is 68.4 Å². The van der Waals surface area contributed by atoms with Crippen molar-refractivity contribution < 1.29 is 9.84 Å². The summed E-state index contributed by atoms with van der Waals surface area (Å²) < 4.78 is 5.04. The van der Waals surface area contributed by atoms with Crippen LogP contribution in [0.1, 0.15) is 0 Å². The first kappa shape index (κ1) is 10.3. The second-order valence-corrected chi connectivity index (χ2v) is 3.37. The number of nitrogens with zero attached hydrogens (tertiary/aromatic N) is 1. The summed E-state index contributed by atoms with van der Waals surface area (Å²) in [6.07, 6.45) is 0. The van der Waals surface area contributed by atoms with Crippen molar-refractivity contribution in [3.05, 3.63) is 36.4 Å². The molecule has 0 fully saturated rings. The lowest BCUT2D eigenvalue weighted by Gasteiger charge is -2.05. The summed E-state index contributed by atoms with van der Waals surface area (Å²) in [4.78, 5) is 4.27. The minimum Gasteiger partial charge on any atom is -0.508 e. The Balaban J connectivity index is 2.47. The number of hydrogen-bond donors (Lipinski definition) is 2. The van der Waals surface area contributed by atoms with Gasteiger partial charge in [-0.25, -0.2) is 4.98 Å². The van der Waals surface area contributed by atoms with E-state index < -0.39 is 0 Å². The number of hydrogen-bond acceptors (Lipinski definition) is 4. The lowest BCUT2D eigenvalue weighted by Crippen LogP contribution is -1.94. The lowest BCUT2D eigenvalue weighted by molar-refractivity contribution is 0.399. The molecular formula is C12H12N2O2. The van der Waals surface area contributed by atoms with Gasteiger partial charge in [0, 0.05) is 17.3 Å². The van der Waals surface area contributed by atoms with Crippen molar-refractivity contribution in [2.24, 2.45) is 0 Å². The molecule has 4 heteroatoms. The monoisotopic (exact) mass is 216 g/mol. The summed E-state index contributed by atoms with van der Waals surface area (Å²) in [5, 5.41) is 9.19. The van der Waals surface area contributed by atoms with E-state index in [-0.39, 0.29) is 5.75 Å². The van der Waals surface area contributed by atoms with Crippen molar-refractivity contribution >= 4 is 5.69 Å². The molecule has 3 N–H and O–H groups in total. The zero-order valence-electron chi connectivity index (χ0n) is 8.84. The predicted octanol–water partition coefficient (Wildman–Crippen LogP) is 2.04. The molecule has 82 valence electrons. The van der Waals surface area contributed by atoms with Crippen LogP contribution in [0.5, 0.6) is 11.6 Å². The van der Waals surface area contributed by atoms with Gasteiger partial charge in [-0.05, 0) is 30.3 Å². The summed E-state index contributed by atoms with van der Waals surface area (Å²) in [5.74, 6) is 0.697. The normalized spacial score (nSPS) is 10.1. The van der Waals surface area contributed by atoms with Crippen molar-refractivity contribution in [1.29, 1.82) is 0 Å². The van der Waals surface area contributed by atoms with Gasteiger partial charge < -0.3 is 15.6 Å². The second-order valence-electron chi connectivity index (χ2n) is 3.37. The van der Waals surface area contributed by atoms with Gasteiger partial charge in [-0.3, -0.25) is 0 Å². The molecule has 1 heterocycles. The van der Waals surface area contributed by atoms with E-state index in [1.54, 1.807) is 43.5 Å². The molecule has 0 saturated heterocycles. The van der Waals surface area contributed by atoms with E-state index in [4.69, 9.17) is 10.5 Å². The van der Waals surface area contributed by atoms with E-state index in [1.165, 1.54) is 0 Å². The molecule has 2 aromatic rings. The molecule has 0 aliphatic rings. The van der Waals surface area contributed by atoms with E-state index in [1.807, 2.05) is 0 Å². The Morgan fingerprint density at radius 1 is 1.19 bits per heavy atom. The molecule has 0 saturated carbocycles. The zero-order valence-corrected chi connectivity index (χ0v) is 8.84. The molecule has 4 nitrogen and oxygen atoms in total. The largest absolute Gasteiger partial charge is 0.508 e. The van der Waals surface area contributed by atoms with Crippen molar-refractivity contribution in [3.63, 3.8) is 0 Å². The van der Waals surface area contributed by atoms with Gasteiger partial charge >= 0.3 is 0 Å². The molecule has 0 aliphatic heterocycles. The third-order valence-electron chi connectivity index (χ3n) is 2.20. The van der Waals surface area contributed by atoms with Crippen molar-refractivity contribution in [3.8, 4) is 22.9 Å². The second kappa shape index (κ2) is 4.10. The first-order valence-corrected chi connectivity index (χ1v) is 4.80. The van der Waals surface area contributed by atoms with E-state index in [0.29, 0.717) is 11.6 Å². The van der Waals surface area contributed by atoms with Gasteiger partial charge in [0.25, 0.3) is 0 Å². The molecule has 16 heavy (non-hydrogen) atoms. The number of nitrogens with two attached hydrogens (primary N) is 1. The number of aromatic nitrogens is 1. The van der Waals surface area contributed by atoms with Crippen LogP contribution in [-0.2, 0) is 0 Å². The number of nitrogen functional groups attached to an aromatic ring is 1. The lowest BCUT2D eigenvalue weighted by atomic mass is 10.1. The Labute approximate surface area is 93.3 Å². The Bertz CT molecular complexity index is 495. The number of benzene rings is 1. The summed E-state index contributed by atoms with van der Waals surface area (Å²) >= 11 is 0. The Hall–Kier alpha value is -2.23. The number of ether oxygens (including phenoxy) is 1. The summed E-state index contributed by atoms with van der Waals surface area (Å²) in [6, 6.07) is 10.2. The number of rotatable bonds is 2. The summed E-state index contributed by atoms with van der Waals surface area (Å²) in [7, 11) is 1.54. The molecule has 0 atom stereocenters. The number of pyridine rings is 1. The van der Waals surface area contributed by atoms with Gasteiger partial charge in [0.2, 0.25) is 5.88 Å². The number of phenolic OH excluding ortho intramolecular Hbond substituents is 1. The van der Waals surface area contributed by atoms with E-state index in [9.17, 15) is 5.11 Å². The van der Waals surface area contributed by atoms with Crippen molar-refractivity contribution in [2.45, 2.75) is 0 Å². The molecule has 0 radical (unpaired) electrons. The molecule has 0 aliphatic carbocycles. The van der Waals surface area contributed by atoms with Crippen molar-refractivity contribution in [1.82, 2.24) is 4.98 Å². The van der Waals surface area contributed by atoms with Gasteiger partial charge in [0.1, 0.15) is 5.75 Å². The van der Waals surface area contributed by atoms with Crippen LogP contribution in [-0.4, -0.2) is 17.2 Å². The molecule has 0 spiro atoms. The highest BCUT2D eigenvalue weighted by Gasteiger charge is 2.03. The fourth-order valence-electron chi connectivity index (χ4n) is 1.41. The van der Waals surface area contributed by atoms with Crippen LogP contribution in [0.15, 0.2) is 36.4 Å². The Morgan fingerprint density at radius 3 is 2.50 bits per heavy atom. The zero-order chi connectivity index (χ0) is 11.5. The van der Waals surface area contributed by atoms with Crippen molar-refractivity contribution in [2.75, 3.05) is 12.8 Å². The van der Waals surface area contributed by atoms with Crippen LogP contribution in [0.2, 0.25) is 0 Å². The van der Waals surface area contributed by atoms with Crippen LogP contribution in [0.3, 0.4) is 0 Å². The minimum atomic E-state index is 0.222. The highest BCUT2D eigenvalue weighted by molar-refractivity contribution is 5.65. The maximum absolute atomic E-state index is 9.19. The minimum absolute atomic E-state index is 0.222. The van der Waals surface area contributed by atoms with E-state index in [2.05, 4.69) is 4.98 Å². The molecular weight excluding hydrogens is 204 g/mol. The first-order valence-electron chi connectivity index (χ1n) is 4.80. The number of methoxy groups -OCH3 is 1. The molecule has 1 aromatic carbocycles. The molecule has 0 bridgehead atoms. The molecule has 0 unspecified atom stereocenters. The third kappa shape index (κ3) is 2.06. The third-order valence-corrected chi connectivity index (χ3v) is 2.20. The maximum atomic E-state index is 9.19. The maximum Gasteiger partial charge on any atom is 0.215 e. The van der Waals surface area contributed by atoms with Crippen LogP contribution in [0.4, 0.5) is 5.69 Å². The standard InChI is InChI=1S/C12H12N2O2/c1-16-12-7-9(13)6-11(14-12)8-2-4-10(15)5-3-8/h2-7,15H,1H3,(H2,13,14). The smallest absolute Gasteiger partial charge is 0.215 e. The number of anilines is 1. The Kier molecular flexibility index (Phi) is 2.64. The van der Waals surface area contributed by atoms with Crippen LogP contribution >= 0.6 is 0 Å². The van der Waals surface area contributed by atoms with Crippen LogP contribution in [0.25, 0.3) is 11.3 Å². The van der Waals surface area contributed by atoms with Gasteiger partial charge in [0.05, 0.1) is 12.8 Å². The summed E-state index contributed by atoms with van der Waals surface area (Å²) in [5.41, 5.74) is 7.92. The fraction of sp³-hybridized carbons (Fsp3) is 0.0833. The average Bonchev–Trinajstić information content (AvgIpc) is 2.29. The highest BCUT2D eigenvalue weighted by Crippen LogP contribution is 2.24. The SMILES string of the molecule is COc1cc(N)cc(-c2ccc(O)cc2)n1. The van der Waals surface area contributed by atoms with Gasteiger partial charge in [-0.2, -0.15) is 0 Å². The molecule has 2 rings (SSSR count). The Morgan fingerprint density at radius 2 is 1.88 bits per heavy atom. The van der Waals surface area contributed by atoms with Crippen LogP contribution in [0, 0.1) is 0 Å². The highest BCUT2D eigenvalue weighted by atomic mass is 16.5. The van der Waals surface area contributed by atoms with Gasteiger partial charge in [-0.15, -0.1) is 0 Å². The van der Waals surface area contributed by atoms with Gasteiger partial charge in [-0.1, -0.05) is 0 Å². The quantitative estimate of drug-likeness (QED) is 0.806. The number of phenols is 1. The molecule has 1 aromatic heterocycles. The van der Waals surface area contributed by atoms with E-state index >= 15 is 0 Å². The first-order chi connectivity index (χ1) is 7.69. The van der Waals surface area contributed by atoms with Crippen LogP contribution < -0.4 is 10.5 Å². The predicted molar refractivity (Wildman–Crippen MR) is 62.3 cm³/mol. The number of aromatic hydroxyl groups is 1. The molecule has 0 amide bonds. The van der Waals surface area contributed by atoms with E-state index in [0.717, 1.165) is 11.3 Å².